The molecular formula is C19H29N3O2. The monoisotopic (exact) mass is 331 g/mol. The van der Waals surface area contributed by atoms with Crippen molar-refractivity contribution in [1.82, 2.24) is 9.80 Å². The summed E-state index contributed by atoms with van der Waals surface area (Å²) in [5.41, 5.74) is 6.58. The maximum atomic E-state index is 12.4. The number of hydrogen-bond donors (Lipinski definition) is 1. The van der Waals surface area contributed by atoms with Crippen molar-refractivity contribution in [1.29, 1.82) is 0 Å². The highest BCUT2D eigenvalue weighted by atomic mass is 16.5. The zero-order valence-electron chi connectivity index (χ0n) is 14.5. The highest BCUT2D eigenvalue weighted by Gasteiger charge is 2.24. The predicted molar refractivity (Wildman–Crippen MR) is 95.3 cm³/mol. The van der Waals surface area contributed by atoms with Crippen LogP contribution < -0.4 is 10.5 Å². The smallest absolute Gasteiger partial charge is 0.253 e. The molecule has 1 aromatic rings. The number of piperidine rings is 1. The van der Waals surface area contributed by atoms with Crippen LogP contribution in [0.2, 0.25) is 0 Å². The van der Waals surface area contributed by atoms with Crippen molar-refractivity contribution in [2.24, 2.45) is 5.73 Å². The van der Waals surface area contributed by atoms with E-state index in [1.54, 1.807) is 0 Å². The lowest BCUT2D eigenvalue weighted by Gasteiger charge is -2.26. The molecule has 5 heteroatoms. The highest BCUT2D eigenvalue weighted by molar-refractivity contribution is 5.94. The molecule has 24 heavy (non-hydrogen) atoms. The minimum Gasteiger partial charge on any atom is -0.494 e. The minimum atomic E-state index is 0.0691. The molecule has 2 aliphatic heterocycles. The Morgan fingerprint density at radius 3 is 2.54 bits per heavy atom. The molecule has 0 aliphatic carbocycles. The van der Waals surface area contributed by atoms with Gasteiger partial charge in [-0.3, -0.25) is 4.79 Å². The summed E-state index contributed by atoms with van der Waals surface area (Å²) in [6.45, 7) is 5.73. The second kappa shape index (κ2) is 8.49. The number of benzene rings is 1. The van der Waals surface area contributed by atoms with Gasteiger partial charge in [-0.1, -0.05) is 6.42 Å². The molecule has 3 rings (SSSR count). The molecule has 2 aliphatic rings. The van der Waals surface area contributed by atoms with Crippen LogP contribution >= 0.6 is 0 Å². The zero-order valence-corrected chi connectivity index (χ0v) is 14.5. The van der Waals surface area contributed by atoms with Crippen LogP contribution in [-0.4, -0.2) is 61.1 Å². The van der Waals surface area contributed by atoms with E-state index in [0.29, 0.717) is 12.1 Å². The van der Waals surface area contributed by atoms with Crippen LogP contribution in [0.15, 0.2) is 24.3 Å². The normalized spacial score (nSPS) is 21.9. The Balaban J connectivity index is 1.40. The lowest BCUT2D eigenvalue weighted by Crippen LogP contribution is -2.31. The Bertz CT molecular complexity index is 526. The van der Waals surface area contributed by atoms with E-state index in [2.05, 4.69) is 4.90 Å². The fourth-order valence-corrected chi connectivity index (χ4v) is 3.51. The van der Waals surface area contributed by atoms with Crippen LogP contribution in [0, 0.1) is 0 Å². The number of carbonyl (C=O) groups is 1. The first-order chi connectivity index (χ1) is 11.7. The number of likely N-dealkylation sites (tertiary alicyclic amines) is 2. The summed E-state index contributed by atoms with van der Waals surface area (Å²) in [4.78, 5) is 16.7. The standard InChI is InChI=1S/C19H29N3O2/c20-17-9-13-22(15-17)19(23)16-5-7-18(8-6-16)24-14-4-12-21-10-2-1-3-11-21/h5-8,17H,1-4,9-15,20H2. The number of carbonyl (C=O) groups excluding carboxylic acids is 1. The van der Waals surface area contributed by atoms with E-state index in [1.165, 1.54) is 32.4 Å². The van der Waals surface area contributed by atoms with Crippen LogP contribution in [0.1, 0.15) is 42.5 Å². The third-order valence-corrected chi connectivity index (χ3v) is 4.95. The summed E-state index contributed by atoms with van der Waals surface area (Å²) < 4.78 is 5.80. The zero-order chi connectivity index (χ0) is 16.8. The van der Waals surface area contributed by atoms with Gasteiger partial charge in [0.25, 0.3) is 5.91 Å². The van der Waals surface area contributed by atoms with E-state index in [0.717, 1.165) is 38.3 Å². The van der Waals surface area contributed by atoms with Gasteiger partial charge in [0.15, 0.2) is 0 Å². The quantitative estimate of drug-likeness (QED) is 0.811. The molecule has 2 saturated heterocycles. The third kappa shape index (κ3) is 4.71. The van der Waals surface area contributed by atoms with Gasteiger partial charge in [-0.2, -0.15) is 0 Å². The summed E-state index contributed by atoms with van der Waals surface area (Å²) in [5.74, 6) is 0.905. The van der Waals surface area contributed by atoms with Crippen LogP contribution in [-0.2, 0) is 0 Å². The first kappa shape index (κ1) is 17.2. The number of nitrogens with two attached hydrogens (primary N) is 1. The molecule has 132 valence electrons. The summed E-state index contributed by atoms with van der Waals surface area (Å²) >= 11 is 0. The summed E-state index contributed by atoms with van der Waals surface area (Å²) in [6, 6.07) is 7.61. The number of nitrogens with zero attached hydrogens (tertiary/aromatic N) is 2. The SMILES string of the molecule is NC1CCN(C(=O)c2ccc(OCCCN3CCCCC3)cc2)C1. The van der Waals surface area contributed by atoms with E-state index >= 15 is 0 Å². The van der Waals surface area contributed by atoms with Gasteiger partial charge in [0.05, 0.1) is 6.61 Å². The van der Waals surface area contributed by atoms with Crippen LogP contribution in [0.25, 0.3) is 0 Å². The van der Waals surface area contributed by atoms with Crippen LogP contribution in [0.4, 0.5) is 0 Å². The summed E-state index contributed by atoms with van der Waals surface area (Å²) in [6.07, 6.45) is 5.98. The molecule has 2 N–H and O–H groups in total. The van der Waals surface area contributed by atoms with Crippen LogP contribution in [0.3, 0.4) is 0 Å². The molecule has 2 heterocycles. The topological polar surface area (TPSA) is 58.8 Å². The lowest BCUT2D eigenvalue weighted by molar-refractivity contribution is 0.0791. The van der Waals surface area contributed by atoms with Crippen molar-refractivity contribution < 1.29 is 9.53 Å². The Labute approximate surface area is 144 Å². The second-order valence-electron chi connectivity index (χ2n) is 6.93. The third-order valence-electron chi connectivity index (χ3n) is 4.95. The molecular weight excluding hydrogens is 302 g/mol. The Morgan fingerprint density at radius 2 is 1.88 bits per heavy atom. The maximum absolute atomic E-state index is 12.4. The summed E-state index contributed by atoms with van der Waals surface area (Å²) in [5, 5.41) is 0. The van der Waals surface area contributed by atoms with Gasteiger partial charge in [0.2, 0.25) is 0 Å². The minimum absolute atomic E-state index is 0.0691. The highest BCUT2D eigenvalue weighted by Crippen LogP contribution is 2.17. The second-order valence-corrected chi connectivity index (χ2v) is 6.93. The summed E-state index contributed by atoms with van der Waals surface area (Å²) in [7, 11) is 0. The fourth-order valence-electron chi connectivity index (χ4n) is 3.51. The first-order valence-corrected chi connectivity index (χ1v) is 9.22. The van der Waals surface area contributed by atoms with E-state index < -0.39 is 0 Å². The Hall–Kier alpha value is -1.59. The average Bonchev–Trinajstić information content (AvgIpc) is 3.06. The molecule has 0 bridgehead atoms. The molecule has 1 aromatic carbocycles. The molecule has 1 amide bonds. The Morgan fingerprint density at radius 1 is 1.12 bits per heavy atom. The largest absolute Gasteiger partial charge is 0.494 e. The van der Waals surface area contributed by atoms with E-state index in [4.69, 9.17) is 10.5 Å². The number of hydrogen-bond acceptors (Lipinski definition) is 4. The van der Waals surface area contributed by atoms with Crippen molar-refractivity contribution in [3.63, 3.8) is 0 Å². The Kier molecular flexibility index (Phi) is 6.10. The molecule has 2 fully saturated rings. The van der Waals surface area contributed by atoms with Gasteiger partial charge in [-0.05, 0) is 63.0 Å². The maximum Gasteiger partial charge on any atom is 0.253 e. The fraction of sp³-hybridized carbons (Fsp3) is 0.632. The molecule has 0 aromatic heterocycles. The molecule has 0 radical (unpaired) electrons. The van der Waals surface area contributed by atoms with E-state index in [9.17, 15) is 4.79 Å². The van der Waals surface area contributed by atoms with Crippen molar-refractivity contribution in [3.05, 3.63) is 29.8 Å². The van der Waals surface area contributed by atoms with Gasteiger partial charge < -0.3 is 20.3 Å². The lowest BCUT2D eigenvalue weighted by atomic mass is 10.1. The van der Waals surface area contributed by atoms with E-state index in [1.807, 2.05) is 29.2 Å². The van der Waals surface area contributed by atoms with Gasteiger partial charge in [0.1, 0.15) is 5.75 Å². The van der Waals surface area contributed by atoms with Gasteiger partial charge in [0, 0.05) is 31.2 Å². The molecule has 0 spiro atoms. The molecule has 5 nitrogen and oxygen atoms in total. The number of ether oxygens (including phenoxy) is 1. The van der Waals surface area contributed by atoms with Crippen molar-refractivity contribution in [3.8, 4) is 5.75 Å². The first-order valence-electron chi connectivity index (χ1n) is 9.22. The number of rotatable bonds is 6. The van der Waals surface area contributed by atoms with Gasteiger partial charge in [-0.15, -0.1) is 0 Å². The van der Waals surface area contributed by atoms with Crippen molar-refractivity contribution >= 4 is 5.91 Å². The average molecular weight is 331 g/mol. The van der Waals surface area contributed by atoms with Gasteiger partial charge >= 0.3 is 0 Å². The number of amides is 1. The predicted octanol–water partition coefficient (Wildman–Crippen LogP) is 2.11. The van der Waals surface area contributed by atoms with Crippen molar-refractivity contribution in [2.75, 3.05) is 39.3 Å². The van der Waals surface area contributed by atoms with Gasteiger partial charge in [-0.25, -0.2) is 0 Å². The molecule has 1 atom stereocenters. The molecule has 0 saturated carbocycles. The van der Waals surface area contributed by atoms with E-state index in [-0.39, 0.29) is 11.9 Å². The van der Waals surface area contributed by atoms with Crippen molar-refractivity contribution in [2.45, 2.75) is 38.1 Å². The van der Waals surface area contributed by atoms with Crippen LogP contribution in [0.5, 0.6) is 5.75 Å². The molecule has 1 unspecified atom stereocenters.